The molecule has 0 saturated carbocycles. The number of benzene rings is 1. The van der Waals surface area contributed by atoms with Gasteiger partial charge in [-0.2, -0.15) is 0 Å². The molecule has 26 heavy (non-hydrogen) atoms. The molecule has 1 aromatic heterocycles. The van der Waals surface area contributed by atoms with Gasteiger partial charge < -0.3 is 15.4 Å². The molecule has 10 heteroatoms. The van der Waals surface area contributed by atoms with Gasteiger partial charge in [-0.05, 0) is 25.1 Å². The number of nitrogens with one attached hydrogen (secondary N) is 2. The molecular weight excluding hydrogens is 487 g/mol. The van der Waals surface area contributed by atoms with E-state index in [1.54, 1.807) is 13.2 Å². The van der Waals surface area contributed by atoms with Gasteiger partial charge in [0.25, 0.3) is 0 Å². The first-order chi connectivity index (χ1) is 11.9. The fourth-order valence-electron chi connectivity index (χ4n) is 2.12. The first-order valence-electron chi connectivity index (χ1n) is 7.69. The number of hydrogen-bond acceptors (Lipinski definition) is 5. The second kappa shape index (κ2) is 10.7. The second-order valence-electron chi connectivity index (χ2n) is 5.13. The molecule has 1 aromatic carbocycles. The number of aliphatic imine (C=N–C) groups is 1. The van der Waals surface area contributed by atoms with Gasteiger partial charge in [0.1, 0.15) is 9.96 Å². The zero-order chi connectivity index (χ0) is 18.3. The van der Waals surface area contributed by atoms with Crippen molar-refractivity contribution in [3.8, 4) is 5.75 Å². The number of thiophene rings is 1. The standard InChI is InChI=1S/C16H22N4O3S2.HI/c1-3-18-16(19-10-12-6-4-5-7-14(12)23-2)20-11-13-8-9-15(24-13)25(17,21)22;/h4-9H,3,10-11H2,1-2H3,(H2,17,21,22)(H2,18,19,20);1H. The number of guanidine groups is 1. The summed E-state index contributed by atoms with van der Waals surface area (Å²) < 4.78 is 28.1. The average Bonchev–Trinajstić information content (AvgIpc) is 3.07. The van der Waals surface area contributed by atoms with Crippen molar-refractivity contribution in [3.63, 3.8) is 0 Å². The van der Waals surface area contributed by atoms with Crippen molar-refractivity contribution in [2.75, 3.05) is 13.7 Å². The van der Waals surface area contributed by atoms with E-state index in [2.05, 4.69) is 15.6 Å². The number of ether oxygens (including phenoxy) is 1. The maximum absolute atomic E-state index is 11.3. The van der Waals surface area contributed by atoms with Crippen LogP contribution in [0.1, 0.15) is 17.4 Å². The zero-order valence-corrected chi connectivity index (χ0v) is 18.5. The van der Waals surface area contributed by atoms with Crippen molar-refractivity contribution in [2.45, 2.75) is 24.2 Å². The number of hydrogen-bond donors (Lipinski definition) is 3. The molecule has 2 aromatic rings. The minimum atomic E-state index is -3.65. The van der Waals surface area contributed by atoms with Gasteiger partial charge in [0, 0.05) is 17.0 Å². The lowest BCUT2D eigenvalue weighted by molar-refractivity contribution is 0.410. The summed E-state index contributed by atoms with van der Waals surface area (Å²) in [7, 11) is -2.02. The number of methoxy groups -OCH3 is 1. The van der Waals surface area contributed by atoms with Crippen molar-refractivity contribution in [1.82, 2.24) is 10.6 Å². The number of sulfonamides is 1. The van der Waals surface area contributed by atoms with Crippen molar-refractivity contribution in [3.05, 3.63) is 46.8 Å². The molecule has 0 fully saturated rings. The molecule has 1 heterocycles. The van der Waals surface area contributed by atoms with Crippen molar-refractivity contribution < 1.29 is 13.2 Å². The number of primary sulfonamides is 1. The van der Waals surface area contributed by atoms with Crippen LogP contribution in [0.4, 0.5) is 0 Å². The van der Waals surface area contributed by atoms with Crippen LogP contribution in [0.5, 0.6) is 5.75 Å². The van der Waals surface area contributed by atoms with Gasteiger partial charge >= 0.3 is 0 Å². The van der Waals surface area contributed by atoms with Crippen molar-refractivity contribution in [2.24, 2.45) is 10.1 Å². The molecule has 144 valence electrons. The van der Waals surface area contributed by atoms with Crippen LogP contribution < -0.4 is 20.5 Å². The summed E-state index contributed by atoms with van der Waals surface area (Å²) in [5, 5.41) is 11.5. The third kappa shape index (κ3) is 6.74. The van der Waals surface area contributed by atoms with Crippen molar-refractivity contribution >= 4 is 51.3 Å². The molecule has 0 aliphatic heterocycles. The lowest BCUT2D eigenvalue weighted by Gasteiger charge is -2.11. The summed E-state index contributed by atoms with van der Waals surface area (Å²) in [4.78, 5) is 5.39. The smallest absolute Gasteiger partial charge is 0.247 e. The summed E-state index contributed by atoms with van der Waals surface area (Å²) in [6.07, 6.45) is 0. The maximum atomic E-state index is 11.3. The van der Waals surface area contributed by atoms with E-state index >= 15 is 0 Å². The number of rotatable bonds is 7. The molecule has 0 amide bonds. The Labute approximate surface area is 175 Å². The zero-order valence-electron chi connectivity index (χ0n) is 14.6. The highest BCUT2D eigenvalue weighted by Crippen LogP contribution is 2.20. The molecule has 7 nitrogen and oxygen atoms in total. The summed E-state index contributed by atoms with van der Waals surface area (Å²) >= 11 is 1.14. The van der Waals surface area contributed by atoms with E-state index in [1.165, 1.54) is 6.07 Å². The first kappa shape index (κ1) is 22.7. The Kier molecular flexibility index (Phi) is 9.33. The van der Waals surface area contributed by atoms with E-state index in [-0.39, 0.29) is 28.2 Å². The fraction of sp³-hybridized carbons (Fsp3) is 0.312. The Bertz CT molecular complexity index is 838. The van der Waals surface area contributed by atoms with Gasteiger partial charge in [-0.3, -0.25) is 0 Å². The molecule has 0 saturated heterocycles. The summed E-state index contributed by atoms with van der Waals surface area (Å²) in [6.45, 7) is 3.61. The Morgan fingerprint density at radius 3 is 2.58 bits per heavy atom. The largest absolute Gasteiger partial charge is 0.496 e. The summed E-state index contributed by atoms with van der Waals surface area (Å²) in [6, 6.07) is 11.0. The predicted octanol–water partition coefficient (Wildman–Crippen LogP) is 2.28. The molecule has 0 bridgehead atoms. The Morgan fingerprint density at radius 2 is 1.96 bits per heavy atom. The maximum Gasteiger partial charge on any atom is 0.247 e. The normalized spacial score (nSPS) is 11.6. The van der Waals surface area contributed by atoms with Gasteiger partial charge in [-0.15, -0.1) is 35.3 Å². The third-order valence-electron chi connectivity index (χ3n) is 3.29. The molecule has 0 atom stereocenters. The second-order valence-corrected chi connectivity index (χ2v) is 8.08. The van der Waals surface area contributed by atoms with E-state index in [0.717, 1.165) is 27.5 Å². The SMILES string of the molecule is CCNC(=NCc1ccccc1OC)NCc1ccc(S(N)(=O)=O)s1.I. The van der Waals surface area contributed by atoms with Gasteiger partial charge in [-0.25, -0.2) is 18.5 Å². The van der Waals surface area contributed by atoms with E-state index in [1.807, 2.05) is 31.2 Å². The molecule has 0 aliphatic carbocycles. The van der Waals surface area contributed by atoms with E-state index < -0.39 is 10.0 Å². The Hall–Kier alpha value is -1.37. The highest BCUT2D eigenvalue weighted by Gasteiger charge is 2.11. The minimum Gasteiger partial charge on any atom is -0.496 e. The van der Waals surface area contributed by atoms with Crippen LogP contribution in [-0.4, -0.2) is 28.0 Å². The average molecular weight is 510 g/mol. The molecule has 0 radical (unpaired) electrons. The van der Waals surface area contributed by atoms with Crippen LogP contribution >= 0.6 is 35.3 Å². The van der Waals surface area contributed by atoms with E-state index in [0.29, 0.717) is 25.6 Å². The minimum absolute atomic E-state index is 0. The number of para-hydroxylation sites is 1. The van der Waals surface area contributed by atoms with Gasteiger partial charge in [0.05, 0.1) is 20.2 Å². The molecule has 4 N–H and O–H groups in total. The number of nitrogens with zero attached hydrogens (tertiary/aromatic N) is 1. The van der Waals surface area contributed by atoms with Crippen LogP contribution in [0.25, 0.3) is 0 Å². The van der Waals surface area contributed by atoms with E-state index in [9.17, 15) is 8.42 Å². The molecule has 0 spiro atoms. The molecule has 2 rings (SSSR count). The molecular formula is C16H23IN4O3S2. The highest BCUT2D eigenvalue weighted by atomic mass is 127. The van der Waals surface area contributed by atoms with Gasteiger partial charge in [0.2, 0.25) is 10.0 Å². The summed E-state index contributed by atoms with van der Waals surface area (Å²) in [5.41, 5.74) is 0.981. The molecule has 0 aliphatic rings. The van der Waals surface area contributed by atoms with Crippen LogP contribution in [0.15, 0.2) is 45.6 Å². The van der Waals surface area contributed by atoms with Gasteiger partial charge in [-0.1, -0.05) is 18.2 Å². The van der Waals surface area contributed by atoms with Gasteiger partial charge in [0.15, 0.2) is 5.96 Å². The van der Waals surface area contributed by atoms with Crippen molar-refractivity contribution in [1.29, 1.82) is 0 Å². The quantitative estimate of drug-likeness (QED) is 0.301. The summed E-state index contributed by atoms with van der Waals surface area (Å²) in [5.74, 6) is 1.43. The predicted molar refractivity (Wildman–Crippen MR) is 116 cm³/mol. The lowest BCUT2D eigenvalue weighted by Crippen LogP contribution is -2.36. The van der Waals surface area contributed by atoms with E-state index in [4.69, 9.17) is 9.88 Å². The first-order valence-corrected chi connectivity index (χ1v) is 10.1. The fourth-order valence-corrected chi connectivity index (χ4v) is 3.83. The number of nitrogens with two attached hydrogens (primary N) is 1. The Balaban J connectivity index is 0.00000338. The Morgan fingerprint density at radius 1 is 1.23 bits per heavy atom. The third-order valence-corrected chi connectivity index (χ3v) is 5.82. The van der Waals surface area contributed by atoms with Crippen LogP contribution in [0, 0.1) is 0 Å². The van der Waals surface area contributed by atoms with Crippen LogP contribution in [0.2, 0.25) is 0 Å². The van der Waals surface area contributed by atoms with Crippen LogP contribution in [-0.2, 0) is 23.1 Å². The molecule has 0 unspecified atom stereocenters. The monoisotopic (exact) mass is 510 g/mol. The highest BCUT2D eigenvalue weighted by molar-refractivity contribution is 14.0. The lowest BCUT2D eigenvalue weighted by atomic mass is 10.2. The number of halogens is 1. The van der Waals surface area contributed by atoms with Crippen LogP contribution in [0.3, 0.4) is 0 Å². The topological polar surface area (TPSA) is 106 Å².